The minimum absolute atomic E-state index is 0. The molecule has 35 heavy (non-hydrogen) atoms. The average Bonchev–Trinajstić information content (AvgIpc) is 3.16. The van der Waals surface area contributed by atoms with Gasteiger partial charge in [0.1, 0.15) is 11.5 Å². The zero-order valence-corrected chi connectivity index (χ0v) is 23.0. The molecule has 0 radical (unpaired) electrons. The molecule has 0 unspecified atom stereocenters. The normalized spacial score (nSPS) is 15.3. The molecule has 2 aliphatic carbocycles. The van der Waals surface area contributed by atoms with E-state index >= 15 is 0 Å². The molecule has 1 fully saturated rings. The second-order valence-electron chi connectivity index (χ2n) is 13.3. The highest BCUT2D eigenvalue weighted by Crippen LogP contribution is 2.40. The number of rotatable bonds is 1. The van der Waals surface area contributed by atoms with E-state index in [1.807, 2.05) is 0 Å². The number of benzene rings is 1. The predicted octanol–water partition coefficient (Wildman–Crippen LogP) is 9.71. The molecule has 1 saturated carbocycles. The lowest BCUT2D eigenvalue weighted by Crippen LogP contribution is -2.26. The molecule has 2 aromatic rings. The van der Waals surface area contributed by atoms with E-state index in [1.165, 1.54) is 44.1 Å². The van der Waals surface area contributed by atoms with E-state index in [0.717, 1.165) is 12.3 Å². The minimum Gasteiger partial charge on any atom is -0.396 e. The summed E-state index contributed by atoms with van der Waals surface area (Å²) in [5.41, 5.74) is 5.66. The Bertz CT molecular complexity index is 935. The maximum Gasteiger partial charge on any atom is 0.519 e. The first-order valence-corrected chi connectivity index (χ1v) is 12.8. The van der Waals surface area contributed by atoms with Gasteiger partial charge in [0, 0.05) is 6.42 Å². The summed E-state index contributed by atoms with van der Waals surface area (Å²) in [7, 11) is 0. The summed E-state index contributed by atoms with van der Waals surface area (Å²) in [5.74, 6) is 1.68. The summed E-state index contributed by atoms with van der Waals surface area (Å²) in [6.07, 6.45) is 9.08. The van der Waals surface area contributed by atoms with Crippen LogP contribution < -0.4 is 5.82 Å². The first-order valence-electron chi connectivity index (χ1n) is 12.8. The van der Waals surface area contributed by atoms with E-state index in [0.29, 0.717) is 22.4 Å². The van der Waals surface area contributed by atoms with Gasteiger partial charge < -0.3 is 8.83 Å². The fraction of sp³-hybridized carbons (Fsp3) is 0.719. The van der Waals surface area contributed by atoms with Gasteiger partial charge in [0.15, 0.2) is 0 Å². The SMILES string of the molecule is C.C.CC(C)(C)C1CCC1.CC(C)(C)c1ccc2c(c1)CCC2.Cc1oc(=O)oc1CC(C)(C)C. The van der Waals surface area contributed by atoms with Crippen molar-refractivity contribution in [3.63, 3.8) is 0 Å². The van der Waals surface area contributed by atoms with Gasteiger partial charge in [-0.25, -0.2) is 4.79 Å². The minimum atomic E-state index is -0.605. The predicted molar refractivity (Wildman–Crippen MR) is 153 cm³/mol. The van der Waals surface area contributed by atoms with E-state index in [9.17, 15) is 4.79 Å². The molecule has 3 nitrogen and oxygen atoms in total. The number of hydrogen-bond acceptors (Lipinski definition) is 3. The van der Waals surface area contributed by atoms with Crippen molar-refractivity contribution in [2.45, 2.75) is 134 Å². The van der Waals surface area contributed by atoms with Crippen LogP contribution >= 0.6 is 0 Å². The lowest BCUT2D eigenvalue weighted by atomic mass is 9.69. The van der Waals surface area contributed by atoms with Crippen LogP contribution in [0.25, 0.3) is 0 Å². The fourth-order valence-corrected chi connectivity index (χ4v) is 4.33. The van der Waals surface area contributed by atoms with Crippen LogP contribution in [0.5, 0.6) is 0 Å². The third kappa shape index (κ3) is 10.8. The van der Waals surface area contributed by atoms with Gasteiger partial charge in [0.25, 0.3) is 0 Å². The fourth-order valence-electron chi connectivity index (χ4n) is 4.33. The molecule has 0 bridgehead atoms. The average molecular weight is 489 g/mol. The van der Waals surface area contributed by atoms with Crippen LogP contribution in [0.2, 0.25) is 0 Å². The Hall–Kier alpha value is -1.77. The molecular weight excluding hydrogens is 432 g/mol. The van der Waals surface area contributed by atoms with Crippen molar-refractivity contribution >= 4 is 0 Å². The molecule has 0 spiro atoms. The van der Waals surface area contributed by atoms with Crippen LogP contribution in [0, 0.1) is 23.7 Å². The largest absolute Gasteiger partial charge is 0.519 e. The molecule has 4 rings (SSSR count). The summed E-state index contributed by atoms with van der Waals surface area (Å²) in [6.45, 7) is 21.9. The smallest absolute Gasteiger partial charge is 0.396 e. The molecule has 0 atom stereocenters. The van der Waals surface area contributed by atoms with Gasteiger partial charge in [-0.05, 0) is 77.9 Å². The molecule has 202 valence electrons. The van der Waals surface area contributed by atoms with Crippen molar-refractivity contribution in [1.82, 2.24) is 0 Å². The summed E-state index contributed by atoms with van der Waals surface area (Å²) in [6, 6.07) is 7.02. The standard InChI is InChI=1S/C13H18.C9H14O3.C8H16.2CH4/c1-13(2,3)12-8-7-10-5-4-6-11(10)9-12;1-6-7(5-9(2,3)4)12-8(10)11-6;1-8(2,3)7-5-4-6-7;;/h7-9H,4-6H2,1-3H3;5H2,1-4H3;7H,4-6H2,1-3H3;2*1H4. The van der Waals surface area contributed by atoms with Crippen LogP contribution in [-0.2, 0) is 24.7 Å². The number of aryl methyl sites for hydroxylation is 3. The van der Waals surface area contributed by atoms with E-state index < -0.39 is 5.82 Å². The molecule has 0 amide bonds. The van der Waals surface area contributed by atoms with Crippen molar-refractivity contribution in [3.05, 3.63) is 57.0 Å². The summed E-state index contributed by atoms with van der Waals surface area (Å²) in [4.78, 5) is 10.7. The Morgan fingerprint density at radius 2 is 1.40 bits per heavy atom. The zero-order valence-electron chi connectivity index (χ0n) is 23.0. The lowest BCUT2D eigenvalue weighted by Gasteiger charge is -2.37. The zero-order chi connectivity index (χ0) is 25.0. The molecule has 1 heterocycles. The van der Waals surface area contributed by atoms with Crippen LogP contribution in [-0.4, -0.2) is 0 Å². The third-order valence-electron chi connectivity index (χ3n) is 6.82. The summed E-state index contributed by atoms with van der Waals surface area (Å²) in [5, 5.41) is 0. The molecule has 1 aromatic heterocycles. The molecule has 2 aliphatic rings. The van der Waals surface area contributed by atoms with Gasteiger partial charge in [-0.1, -0.05) is 102 Å². The molecule has 3 heteroatoms. The monoisotopic (exact) mass is 488 g/mol. The first-order chi connectivity index (χ1) is 15.1. The highest BCUT2D eigenvalue weighted by atomic mass is 16.6. The first kappa shape index (κ1) is 33.2. The number of fused-ring (bicyclic) bond motifs is 1. The van der Waals surface area contributed by atoms with Crippen molar-refractivity contribution in [2.75, 3.05) is 0 Å². The lowest BCUT2D eigenvalue weighted by molar-refractivity contribution is 0.141. The van der Waals surface area contributed by atoms with Crippen molar-refractivity contribution in [3.8, 4) is 0 Å². The van der Waals surface area contributed by atoms with Gasteiger partial charge >= 0.3 is 5.82 Å². The molecule has 0 aliphatic heterocycles. The van der Waals surface area contributed by atoms with Crippen LogP contribution in [0.1, 0.15) is 131 Å². The Morgan fingerprint density at radius 1 is 0.829 bits per heavy atom. The quantitative estimate of drug-likeness (QED) is 0.401. The maximum absolute atomic E-state index is 10.7. The van der Waals surface area contributed by atoms with E-state index in [2.05, 4.69) is 80.5 Å². The highest BCUT2D eigenvalue weighted by Gasteiger charge is 2.29. The maximum atomic E-state index is 10.7. The van der Waals surface area contributed by atoms with E-state index in [1.54, 1.807) is 18.1 Å². The Kier molecular flexibility index (Phi) is 12.3. The second kappa shape index (κ2) is 13.0. The van der Waals surface area contributed by atoms with Gasteiger partial charge in [0.2, 0.25) is 0 Å². The molecule has 1 aromatic carbocycles. The van der Waals surface area contributed by atoms with Crippen molar-refractivity contribution in [1.29, 1.82) is 0 Å². The summed E-state index contributed by atoms with van der Waals surface area (Å²) >= 11 is 0. The van der Waals surface area contributed by atoms with E-state index in [4.69, 9.17) is 8.83 Å². The van der Waals surface area contributed by atoms with Gasteiger partial charge in [-0.3, -0.25) is 0 Å². The van der Waals surface area contributed by atoms with Gasteiger partial charge in [-0.15, -0.1) is 0 Å². The molecular formula is C32H56O3. The van der Waals surface area contributed by atoms with Crippen LogP contribution in [0.3, 0.4) is 0 Å². The Labute approximate surface area is 217 Å². The van der Waals surface area contributed by atoms with Gasteiger partial charge in [-0.2, -0.15) is 0 Å². The van der Waals surface area contributed by atoms with Crippen molar-refractivity contribution in [2.24, 2.45) is 16.7 Å². The van der Waals surface area contributed by atoms with Crippen LogP contribution in [0.4, 0.5) is 0 Å². The Balaban J connectivity index is 0.000000494. The Morgan fingerprint density at radius 3 is 1.77 bits per heavy atom. The highest BCUT2D eigenvalue weighted by molar-refractivity contribution is 5.37. The third-order valence-corrected chi connectivity index (χ3v) is 6.82. The van der Waals surface area contributed by atoms with Crippen LogP contribution in [0.15, 0.2) is 31.8 Å². The van der Waals surface area contributed by atoms with Crippen molar-refractivity contribution < 1.29 is 8.83 Å². The number of hydrogen-bond donors (Lipinski definition) is 0. The molecule has 0 N–H and O–H groups in total. The van der Waals surface area contributed by atoms with E-state index in [-0.39, 0.29) is 20.3 Å². The summed E-state index contributed by atoms with van der Waals surface area (Å²) < 4.78 is 9.61. The molecule has 0 saturated heterocycles. The van der Waals surface area contributed by atoms with Gasteiger partial charge in [0.05, 0.1) is 0 Å². The second-order valence-corrected chi connectivity index (χ2v) is 13.3. The topological polar surface area (TPSA) is 43.4 Å².